The highest BCUT2D eigenvalue weighted by Crippen LogP contribution is 2.10. The summed E-state index contributed by atoms with van der Waals surface area (Å²) in [6.07, 6.45) is 0.436. The van der Waals surface area contributed by atoms with Crippen LogP contribution in [0.15, 0.2) is 29.8 Å². The number of ether oxygens (including phenoxy) is 2. The van der Waals surface area contributed by atoms with Gasteiger partial charge in [-0.1, -0.05) is 29.8 Å². The molecular formula is C17H20N2O4. The van der Waals surface area contributed by atoms with Crippen LogP contribution in [0.3, 0.4) is 0 Å². The van der Waals surface area contributed by atoms with Gasteiger partial charge in [-0.05, 0) is 25.5 Å². The van der Waals surface area contributed by atoms with E-state index in [-0.39, 0.29) is 5.57 Å². The van der Waals surface area contributed by atoms with Crippen LogP contribution in [-0.4, -0.2) is 38.2 Å². The third-order valence-corrected chi connectivity index (χ3v) is 2.99. The number of esters is 1. The number of benzene rings is 1. The number of carbonyl (C=O) groups is 2. The highest BCUT2D eigenvalue weighted by atomic mass is 16.5. The fourth-order valence-electron chi connectivity index (χ4n) is 1.66. The van der Waals surface area contributed by atoms with Crippen molar-refractivity contribution in [3.63, 3.8) is 0 Å². The maximum absolute atomic E-state index is 12.0. The van der Waals surface area contributed by atoms with Crippen molar-refractivity contribution in [1.29, 1.82) is 5.26 Å². The molecule has 23 heavy (non-hydrogen) atoms. The topological polar surface area (TPSA) is 88.4 Å². The summed E-state index contributed by atoms with van der Waals surface area (Å²) >= 11 is 0. The van der Waals surface area contributed by atoms with E-state index in [9.17, 15) is 9.59 Å². The minimum absolute atomic E-state index is 0.162. The maximum Gasteiger partial charge on any atom is 0.349 e. The molecule has 1 amide bonds. The van der Waals surface area contributed by atoms with Crippen LogP contribution in [0.25, 0.3) is 6.08 Å². The zero-order valence-corrected chi connectivity index (χ0v) is 13.5. The molecule has 0 aliphatic carbocycles. The molecule has 0 fully saturated rings. The van der Waals surface area contributed by atoms with E-state index in [0.29, 0.717) is 18.7 Å². The molecule has 0 bridgehead atoms. The van der Waals surface area contributed by atoms with E-state index in [2.05, 4.69) is 5.32 Å². The van der Waals surface area contributed by atoms with Crippen LogP contribution < -0.4 is 5.32 Å². The molecule has 1 aromatic rings. The Balaban J connectivity index is 2.68. The van der Waals surface area contributed by atoms with Crippen LogP contribution in [0.1, 0.15) is 18.1 Å². The summed E-state index contributed by atoms with van der Waals surface area (Å²) in [5, 5.41) is 11.7. The average molecular weight is 316 g/mol. The summed E-state index contributed by atoms with van der Waals surface area (Å²) in [6, 6.07) is 9.13. The summed E-state index contributed by atoms with van der Waals surface area (Å²) in [5.41, 5.74) is 1.62. The number of nitrogens with zero attached hydrogens (tertiary/aromatic N) is 1. The molecule has 0 aliphatic heterocycles. The predicted molar refractivity (Wildman–Crippen MR) is 85.2 cm³/mol. The number of nitriles is 1. The number of rotatable bonds is 7. The Kier molecular flexibility index (Phi) is 7.51. The molecule has 1 atom stereocenters. The molecule has 0 radical (unpaired) electrons. The first-order chi connectivity index (χ1) is 11.0. The molecule has 0 heterocycles. The first kappa shape index (κ1) is 18.4. The number of carbonyl (C=O) groups excluding carboxylic acids is 2. The molecule has 0 saturated carbocycles. The lowest BCUT2D eigenvalue weighted by Gasteiger charge is -2.12. The molecule has 122 valence electrons. The molecule has 6 heteroatoms. The lowest BCUT2D eigenvalue weighted by molar-refractivity contribution is -0.150. The summed E-state index contributed by atoms with van der Waals surface area (Å²) in [6.45, 7) is 4.07. The third-order valence-electron chi connectivity index (χ3n) is 2.99. The van der Waals surface area contributed by atoms with Crippen LogP contribution in [0, 0.1) is 18.3 Å². The molecule has 0 spiro atoms. The first-order valence-electron chi connectivity index (χ1n) is 7.14. The second-order valence-corrected chi connectivity index (χ2v) is 4.91. The van der Waals surface area contributed by atoms with Crippen molar-refractivity contribution in [3.8, 4) is 6.07 Å². The second-order valence-electron chi connectivity index (χ2n) is 4.91. The number of hydrogen-bond donors (Lipinski definition) is 1. The van der Waals surface area contributed by atoms with Gasteiger partial charge in [0.25, 0.3) is 5.91 Å². The fraction of sp³-hybridized carbons (Fsp3) is 0.353. The first-order valence-corrected chi connectivity index (χ1v) is 7.14. The van der Waals surface area contributed by atoms with Crippen molar-refractivity contribution in [2.45, 2.75) is 20.0 Å². The van der Waals surface area contributed by atoms with Crippen molar-refractivity contribution in [1.82, 2.24) is 5.32 Å². The van der Waals surface area contributed by atoms with Crippen LogP contribution >= 0.6 is 0 Å². The van der Waals surface area contributed by atoms with E-state index in [4.69, 9.17) is 14.7 Å². The van der Waals surface area contributed by atoms with Crippen molar-refractivity contribution < 1.29 is 19.1 Å². The van der Waals surface area contributed by atoms with Gasteiger partial charge in [-0.3, -0.25) is 4.79 Å². The minimum atomic E-state index is -0.992. The monoisotopic (exact) mass is 316 g/mol. The van der Waals surface area contributed by atoms with Crippen LogP contribution in [-0.2, 0) is 19.1 Å². The molecule has 1 aromatic carbocycles. The van der Waals surface area contributed by atoms with Crippen LogP contribution in [0.2, 0.25) is 0 Å². The van der Waals surface area contributed by atoms with Gasteiger partial charge >= 0.3 is 5.97 Å². The molecule has 1 rings (SSSR count). The Labute approximate surface area is 135 Å². The van der Waals surface area contributed by atoms with Crippen LogP contribution in [0.5, 0.6) is 0 Å². The third kappa shape index (κ3) is 6.32. The summed E-state index contributed by atoms with van der Waals surface area (Å²) in [4.78, 5) is 23.7. The number of amides is 1. The summed E-state index contributed by atoms with van der Waals surface area (Å²) < 4.78 is 9.82. The van der Waals surface area contributed by atoms with Crippen molar-refractivity contribution in [3.05, 3.63) is 41.0 Å². The van der Waals surface area contributed by atoms with E-state index in [1.807, 2.05) is 19.1 Å². The number of aryl methyl sites for hydroxylation is 1. The number of nitrogens with one attached hydrogen (secondary N) is 1. The maximum atomic E-state index is 12.0. The lowest BCUT2D eigenvalue weighted by atomic mass is 10.1. The number of hydrogen-bond acceptors (Lipinski definition) is 5. The standard InChI is InChI=1S/C17H20N2O4/c1-12-4-6-14(7-5-12)10-15(11-18)17(21)23-13(2)16(20)19-8-9-22-3/h4-7,10,13H,8-9H2,1-3H3,(H,19,20)/b15-10+/t13-/m0/s1. The Hall–Kier alpha value is -2.65. The molecule has 6 nitrogen and oxygen atoms in total. The largest absolute Gasteiger partial charge is 0.448 e. The van der Waals surface area contributed by atoms with Gasteiger partial charge in [0.2, 0.25) is 0 Å². The van der Waals surface area contributed by atoms with Gasteiger partial charge in [-0.15, -0.1) is 0 Å². The molecule has 0 saturated heterocycles. The lowest BCUT2D eigenvalue weighted by Crippen LogP contribution is -2.37. The highest BCUT2D eigenvalue weighted by molar-refractivity contribution is 5.99. The Morgan fingerprint density at radius 1 is 1.35 bits per heavy atom. The summed E-state index contributed by atoms with van der Waals surface area (Å²) in [5.74, 6) is -1.27. The Bertz CT molecular complexity index is 614. The van der Waals surface area contributed by atoms with Gasteiger partial charge < -0.3 is 14.8 Å². The van der Waals surface area contributed by atoms with E-state index in [1.54, 1.807) is 18.2 Å². The van der Waals surface area contributed by atoms with E-state index >= 15 is 0 Å². The smallest absolute Gasteiger partial charge is 0.349 e. The second kappa shape index (κ2) is 9.38. The predicted octanol–water partition coefficient (Wildman–Crippen LogP) is 1.60. The number of methoxy groups -OCH3 is 1. The molecule has 0 aromatic heterocycles. The van der Waals surface area contributed by atoms with Crippen molar-refractivity contribution >= 4 is 18.0 Å². The molecule has 0 aliphatic rings. The quantitative estimate of drug-likeness (QED) is 0.357. The zero-order valence-electron chi connectivity index (χ0n) is 13.5. The van der Waals surface area contributed by atoms with Gasteiger partial charge in [-0.25, -0.2) is 4.79 Å². The minimum Gasteiger partial charge on any atom is -0.448 e. The van der Waals surface area contributed by atoms with Gasteiger partial charge in [0.05, 0.1) is 6.61 Å². The van der Waals surface area contributed by atoms with E-state index in [0.717, 1.165) is 5.56 Å². The Morgan fingerprint density at radius 3 is 2.57 bits per heavy atom. The van der Waals surface area contributed by atoms with Gasteiger partial charge in [0.1, 0.15) is 11.6 Å². The normalized spacial score (nSPS) is 12.2. The summed E-state index contributed by atoms with van der Waals surface area (Å²) in [7, 11) is 1.52. The van der Waals surface area contributed by atoms with Gasteiger partial charge in [0.15, 0.2) is 6.10 Å². The Morgan fingerprint density at radius 2 is 2.00 bits per heavy atom. The van der Waals surface area contributed by atoms with E-state index < -0.39 is 18.0 Å². The van der Waals surface area contributed by atoms with E-state index in [1.165, 1.54) is 20.1 Å². The molecule has 1 N–H and O–H groups in total. The SMILES string of the molecule is COCCNC(=O)[C@H](C)OC(=O)/C(C#N)=C/c1ccc(C)cc1. The average Bonchev–Trinajstić information content (AvgIpc) is 2.54. The van der Waals surface area contributed by atoms with Gasteiger partial charge in [-0.2, -0.15) is 5.26 Å². The zero-order chi connectivity index (χ0) is 17.2. The van der Waals surface area contributed by atoms with Gasteiger partial charge in [0, 0.05) is 13.7 Å². The highest BCUT2D eigenvalue weighted by Gasteiger charge is 2.20. The fourth-order valence-corrected chi connectivity index (χ4v) is 1.66. The van der Waals surface area contributed by atoms with Crippen molar-refractivity contribution in [2.24, 2.45) is 0 Å². The molecular weight excluding hydrogens is 296 g/mol. The van der Waals surface area contributed by atoms with Crippen LogP contribution in [0.4, 0.5) is 0 Å². The van der Waals surface area contributed by atoms with Crippen molar-refractivity contribution in [2.75, 3.05) is 20.3 Å². The molecule has 0 unspecified atom stereocenters.